The van der Waals surface area contributed by atoms with Gasteiger partial charge in [0.15, 0.2) is 5.82 Å². The quantitative estimate of drug-likeness (QED) is 0.0497. The van der Waals surface area contributed by atoms with E-state index in [1.54, 1.807) is 56.2 Å². The molecule has 0 aliphatic carbocycles. The summed E-state index contributed by atoms with van der Waals surface area (Å²) in [7, 11) is 9.65. The van der Waals surface area contributed by atoms with Crippen LogP contribution in [0.25, 0.3) is 22.0 Å². The highest BCUT2D eigenvalue weighted by Crippen LogP contribution is 2.43. The van der Waals surface area contributed by atoms with Crippen molar-refractivity contribution in [3.63, 3.8) is 0 Å². The lowest BCUT2D eigenvalue weighted by Gasteiger charge is -2.41. The first kappa shape index (κ1) is 108. The Hall–Kier alpha value is -10.2. The number of aryl methyl sites for hydroxylation is 1. The molecule has 128 heavy (non-hydrogen) atoms. The van der Waals surface area contributed by atoms with Gasteiger partial charge in [-0.25, -0.2) is 18.7 Å². The zero-order chi connectivity index (χ0) is 95.5. The zero-order valence-electron chi connectivity index (χ0n) is 78.7. The normalized spacial score (nSPS) is 23.1. The molecule has 3 fully saturated rings. The third-order valence-corrected chi connectivity index (χ3v) is 24.7. The molecule has 0 unspecified atom stereocenters. The molecule has 714 valence electrons. The predicted molar refractivity (Wildman–Crippen MR) is 486 cm³/mol. The first-order valence-electron chi connectivity index (χ1n) is 44.5. The van der Waals surface area contributed by atoms with Crippen molar-refractivity contribution >= 4 is 111 Å². The Labute approximate surface area is 759 Å². The number of phenolic OH excluding ortho intramolecular Hbond substituents is 1. The molecule has 14 amide bonds. The van der Waals surface area contributed by atoms with Crippen LogP contribution in [0, 0.1) is 53.1 Å². The summed E-state index contributed by atoms with van der Waals surface area (Å²) in [5.41, 5.74) is -1.05. The highest BCUT2D eigenvalue weighted by molar-refractivity contribution is 6.34. The fourth-order valence-electron chi connectivity index (χ4n) is 16.7. The number of rotatable bonds is 24. The van der Waals surface area contributed by atoms with Gasteiger partial charge in [0.1, 0.15) is 89.1 Å². The van der Waals surface area contributed by atoms with Crippen LogP contribution in [0.15, 0.2) is 36.9 Å². The standard InChI is InChI=1S/C91H140ClF2N17O16.CH4/c1-25-62-87(123)101(18)49-72(116)102(19)63(44-50(3)4)84(120)100-76(54(11)12)90(126)103(20)64(45-51(5)6)83(119)95-57(16)82(118)96-58(17)86(122)104(21)65(46-52(7)8)88(124)105(22)66(47-53(9)10)89(125)106(23)78(55(13)14)91(127)107(24)79(85(121)97-62)80(117)56(15)30-27-34-70(114)109-36-38-110(39-37-109)71(115)35-29-33-68-98-77-59(81(99-68)111-42-40-108(41-43-111)69(113)26-2)48-60(92)73(75(77)94)74-61(93)31-28-32-67(74)112;/h26,28,31-32,48,50-58,62-66,76,78-80,112,117H,2,25,27,29-30,33-47,49H2,1,3-24H3,(H,95,119)(H,96,118)(H,97,121)(H,100,120);1H4/t56-,57+,58-,62+,63+,64+,65+,66+,76+,78+,79+,80-;/m1./s1. The average molecular weight is 1820 g/mol. The number of carbonyl (C=O) groups is 14. The van der Waals surface area contributed by atoms with Crippen molar-refractivity contribution in [1.29, 1.82) is 0 Å². The van der Waals surface area contributed by atoms with E-state index in [2.05, 4.69) is 32.8 Å². The van der Waals surface area contributed by atoms with Crippen LogP contribution in [0.5, 0.6) is 5.75 Å². The molecule has 36 heteroatoms. The maximum Gasteiger partial charge on any atom is 0.246 e. The number of halogens is 3. The van der Waals surface area contributed by atoms with Crippen molar-refractivity contribution in [3.8, 4) is 16.9 Å². The van der Waals surface area contributed by atoms with E-state index in [4.69, 9.17) is 16.6 Å². The maximum atomic E-state index is 16.9. The van der Waals surface area contributed by atoms with Gasteiger partial charge in [0.2, 0.25) is 82.7 Å². The van der Waals surface area contributed by atoms with Gasteiger partial charge in [0.05, 0.1) is 23.2 Å². The van der Waals surface area contributed by atoms with Crippen molar-refractivity contribution in [3.05, 3.63) is 59.4 Å². The second-order valence-corrected chi connectivity index (χ2v) is 37.3. The van der Waals surface area contributed by atoms with Crippen LogP contribution in [-0.4, -0.2) is 327 Å². The molecule has 0 spiro atoms. The lowest BCUT2D eigenvalue weighted by molar-refractivity contribution is -0.157. The van der Waals surface area contributed by atoms with Crippen LogP contribution in [0.1, 0.15) is 188 Å². The second kappa shape index (κ2) is 48.5. The highest BCUT2D eigenvalue weighted by Gasteiger charge is 2.47. The summed E-state index contributed by atoms with van der Waals surface area (Å²) in [6.45, 7) is 32.4. The summed E-state index contributed by atoms with van der Waals surface area (Å²) in [4.78, 5) is 229. The van der Waals surface area contributed by atoms with E-state index < -0.39 is 184 Å². The minimum absolute atomic E-state index is 0. The molecule has 3 aliphatic heterocycles. The Morgan fingerprint density at radius 2 is 1.02 bits per heavy atom. The number of anilines is 1. The van der Waals surface area contributed by atoms with Gasteiger partial charge in [0.25, 0.3) is 0 Å². The van der Waals surface area contributed by atoms with Crippen molar-refractivity contribution in [2.45, 2.75) is 255 Å². The van der Waals surface area contributed by atoms with Crippen molar-refractivity contribution in [2.75, 3.05) is 113 Å². The topological polar surface area (TPSA) is 389 Å². The third kappa shape index (κ3) is 27.5. The number of aliphatic hydroxyl groups is 1. The summed E-state index contributed by atoms with van der Waals surface area (Å²) in [5.74, 6) is -13.9. The van der Waals surface area contributed by atoms with Crippen LogP contribution in [0.2, 0.25) is 5.02 Å². The molecule has 3 aromatic rings. The van der Waals surface area contributed by atoms with Crippen LogP contribution in [-0.2, 0) is 73.5 Å². The van der Waals surface area contributed by atoms with Crippen molar-refractivity contribution < 1.29 is 86.1 Å². The van der Waals surface area contributed by atoms with Gasteiger partial charge in [-0.15, -0.1) is 0 Å². The number of hydrogen-bond donors (Lipinski definition) is 6. The molecule has 6 N–H and O–H groups in total. The molecule has 3 aliphatic rings. The smallest absolute Gasteiger partial charge is 0.246 e. The number of phenols is 1. The fourth-order valence-corrected chi connectivity index (χ4v) is 17.0. The minimum atomic E-state index is -1.81. The van der Waals surface area contributed by atoms with Gasteiger partial charge in [-0.1, -0.05) is 129 Å². The predicted octanol–water partition coefficient (Wildman–Crippen LogP) is 6.88. The van der Waals surface area contributed by atoms with E-state index in [0.717, 1.165) is 15.9 Å². The summed E-state index contributed by atoms with van der Waals surface area (Å²) in [6.07, 6.45) is 0.354. The number of piperazine rings is 2. The molecule has 0 radical (unpaired) electrons. The first-order chi connectivity index (χ1) is 59.4. The number of nitrogens with one attached hydrogen (secondary N) is 4. The Balaban J connectivity index is 0.0000290. The molecular formula is C92H144ClF2N17O16. The Morgan fingerprint density at radius 1 is 0.547 bits per heavy atom. The average Bonchev–Trinajstić information content (AvgIpc) is 0.753. The Kier molecular flexibility index (Phi) is 41.0. The summed E-state index contributed by atoms with van der Waals surface area (Å²) in [6, 6.07) is -8.32. The second-order valence-electron chi connectivity index (χ2n) is 36.9. The van der Waals surface area contributed by atoms with Gasteiger partial charge < -0.3 is 85.4 Å². The molecule has 3 saturated heterocycles. The number of amides is 14. The monoisotopic (exact) mass is 1820 g/mol. The summed E-state index contributed by atoms with van der Waals surface area (Å²) >= 11 is 6.69. The number of aliphatic hydroxyl groups excluding tert-OH is 1. The molecule has 1 aromatic heterocycles. The zero-order valence-corrected chi connectivity index (χ0v) is 79.4. The van der Waals surface area contributed by atoms with Gasteiger partial charge >= 0.3 is 0 Å². The van der Waals surface area contributed by atoms with E-state index in [9.17, 15) is 58.2 Å². The largest absolute Gasteiger partial charge is 0.507 e. The number of fused-ring (bicyclic) bond motifs is 1. The molecule has 12 atom stereocenters. The number of hydrogen-bond acceptors (Lipinski definition) is 19. The maximum absolute atomic E-state index is 16.9. The highest BCUT2D eigenvalue weighted by atomic mass is 35.5. The minimum Gasteiger partial charge on any atom is -0.507 e. The van der Waals surface area contributed by atoms with Crippen LogP contribution in [0.4, 0.5) is 14.6 Å². The lowest BCUT2D eigenvalue weighted by atomic mass is 9.90. The number of carbonyl (C=O) groups excluding carboxylic acids is 14. The SMILES string of the molecule is C.C=CC(=O)N1CCN(c2nc(CCCC(=O)N3CCN(C(=O)CCC[C@@H](C)[C@@H](O)[C@H]4C(=O)N[C@@H](CC)C(=O)N(C)CC(=O)N(C)[C@@H](CC(C)C)C(=O)N[C@@H](C(C)C)C(=O)N(C)[C@@H](CC(C)C)C(=O)N[C@@H](C)C(=O)N[C@H](C)C(=O)N(C)[C@@H](CC(C)C)C(=O)N(C)[C@@H](CC(C)C)C(=O)N(C)[C@@H](C(C)C)C(=O)N4C)CC3)nc3c(F)c(-c4c(O)cccc4F)c(Cl)cc23)CC1. The number of nitrogens with zero attached hydrogens (tertiary/aromatic N) is 13. The number of aromatic hydroxyl groups is 1. The van der Waals surface area contributed by atoms with Crippen LogP contribution >= 0.6 is 11.6 Å². The first-order valence-corrected chi connectivity index (χ1v) is 44.9. The summed E-state index contributed by atoms with van der Waals surface area (Å²) < 4.78 is 32.2. The molecule has 6 rings (SSSR count). The van der Waals surface area contributed by atoms with E-state index in [1.165, 1.54) is 112 Å². The number of likely N-dealkylation sites (N-methyl/N-ethyl adjacent to an activating group) is 7. The van der Waals surface area contributed by atoms with Crippen molar-refractivity contribution in [1.82, 2.24) is 80.2 Å². The third-order valence-electron chi connectivity index (χ3n) is 24.4. The Bertz CT molecular complexity index is 4420. The molecule has 0 bridgehead atoms. The van der Waals surface area contributed by atoms with Gasteiger partial charge in [-0.2, -0.15) is 0 Å². The van der Waals surface area contributed by atoms with Crippen LogP contribution in [0.3, 0.4) is 0 Å². The Morgan fingerprint density at radius 3 is 1.53 bits per heavy atom. The van der Waals surface area contributed by atoms with Crippen molar-refractivity contribution in [2.24, 2.45) is 41.4 Å². The lowest BCUT2D eigenvalue weighted by Crippen LogP contribution is -2.63. The molecule has 33 nitrogen and oxygen atoms in total. The molecule has 0 saturated carbocycles. The molecular weight excluding hydrogens is 1670 g/mol. The van der Waals surface area contributed by atoms with E-state index in [-0.39, 0.29) is 167 Å². The number of benzene rings is 2. The number of aromatic nitrogens is 2. The van der Waals surface area contributed by atoms with Gasteiger partial charge in [0, 0.05) is 132 Å². The van der Waals surface area contributed by atoms with E-state index in [1.807, 2.05) is 60.3 Å². The molecule has 2 aromatic carbocycles. The fraction of sp³-hybridized carbons (Fsp3) is 0.674. The van der Waals surface area contributed by atoms with Crippen LogP contribution < -0.4 is 26.2 Å². The molecule has 4 heterocycles. The van der Waals surface area contributed by atoms with Gasteiger partial charge in [-0.3, -0.25) is 67.1 Å². The van der Waals surface area contributed by atoms with Gasteiger partial charge in [-0.05, 0) is 131 Å². The van der Waals surface area contributed by atoms with E-state index >= 15 is 28.0 Å². The van der Waals surface area contributed by atoms with E-state index in [0.29, 0.717) is 32.0 Å². The summed E-state index contributed by atoms with van der Waals surface area (Å²) in [5, 5.41) is 34.4.